The molecule has 0 aliphatic heterocycles. The van der Waals surface area contributed by atoms with Gasteiger partial charge in [-0.2, -0.15) is 0 Å². The minimum atomic E-state index is -0.417. The fraction of sp³-hybridized carbons (Fsp3) is 0.273. The van der Waals surface area contributed by atoms with Crippen LogP contribution in [-0.2, 0) is 4.79 Å². The van der Waals surface area contributed by atoms with Crippen LogP contribution in [0.2, 0.25) is 0 Å². The molecule has 2 N–H and O–H groups in total. The highest BCUT2D eigenvalue weighted by molar-refractivity contribution is 5.92. The minimum absolute atomic E-state index is 0.175. The first-order chi connectivity index (χ1) is 6.72. The molecule has 1 fully saturated rings. The van der Waals surface area contributed by atoms with Gasteiger partial charge in [-0.05, 0) is 30.0 Å². The standard InChI is InChI=1S/C11H11NO2/c12-11(14)8-3-1-7(2-4-8)10-5-9(10)6-13/h1-4,6,9-10H,5H2,(H2,12,14)/t9?,10-/m1/s1. The number of rotatable bonds is 3. The van der Waals surface area contributed by atoms with Crippen molar-refractivity contribution in [3.05, 3.63) is 35.4 Å². The first-order valence-electron chi connectivity index (χ1n) is 4.57. The van der Waals surface area contributed by atoms with Gasteiger partial charge in [0, 0.05) is 11.5 Å². The zero-order valence-electron chi connectivity index (χ0n) is 7.64. The summed E-state index contributed by atoms with van der Waals surface area (Å²) in [5, 5.41) is 0. The Bertz CT molecular complexity index is 369. The van der Waals surface area contributed by atoms with Gasteiger partial charge in [0.2, 0.25) is 5.91 Å². The van der Waals surface area contributed by atoms with Crippen molar-refractivity contribution < 1.29 is 9.59 Å². The molecule has 2 rings (SSSR count). The SMILES string of the molecule is NC(=O)c1ccc([C@H]2CC2C=O)cc1. The second-order valence-corrected chi connectivity index (χ2v) is 3.63. The number of benzene rings is 1. The summed E-state index contributed by atoms with van der Waals surface area (Å²) >= 11 is 0. The monoisotopic (exact) mass is 189 g/mol. The van der Waals surface area contributed by atoms with Crippen molar-refractivity contribution in [3.63, 3.8) is 0 Å². The Hall–Kier alpha value is -1.64. The molecule has 1 aromatic rings. The predicted octanol–water partition coefficient (Wildman–Crippen LogP) is 1.09. The summed E-state index contributed by atoms with van der Waals surface area (Å²) in [5.41, 5.74) is 6.74. The molecule has 1 aliphatic rings. The van der Waals surface area contributed by atoms with Crippen molar-refractivity contribution in [2.75, 3.05) is 0 Å². The Morgan fingerprint density at radius 1 is 1.36 bits per heavy atom. The third-order valence-electron chi connectivity index (χ3n) is 2.64. The molecule has 0 aromatic heterocycles. The average Bonchev–Trinajstić information content (AvgIpc) is 2.97. The Kier molecular flexibility index (Phi) is 2.08. The summed E-state index contributed by atoms with van der Waals surface area (Å²) in [7, 11) is 0. The lowest BCUT2D eigenvalue weighted by Gasteiger charge is -1.99. The van der Waals surface area contributed by atoms with Crippen LogP contribution in [0.1, 0.15) is 28.3 Å². The molecule has 0 heterocycles. The maximum absolute atomic E-state index is 10.8. The number of nitrogens with two attached hydrogens (primary N) is 1. The van der Waals surface area contributed by atoms with Crippen LogP contribution < -0.4 is 5.73 Å². The van der Waals surface area contributed by atoms with E-state index in [0.29, 0.717) is 11.5 Å². The number of hydrogen-bond donors (Lipinski definition) is 1. The predicted molar refractivity (Wildman–Crippen MR) is 51.9 cm³/mol. The van der Waals surface area contributed by atoms with Crippen molar-refractivity contribution >= 4 is 12.2 Å². The van der Waals surface area contributed by atoms with Gasteiger partial charge in [-0.25, -0.2) is 0 Å². The molecule has 0 spiro atoms. The Labute approximate surface area is 81.9 Å². The lowest BCUT2D eigenvalue weighted by molar-refractivity contribution is -0.108. The van der Waals surface area contributed by atoms with Gasteiger partial charge in [0.05, 0.1) is 0 Å². The number of aldehydes is 1. The first kappa shape index (κ1) is 8.94. The number of amides is 1. The van der Waals surface area contributed by atoms with Crippen LogP contribution >= 0.6 is 0 Å². The van der Waals surface area contributed by atoms with Gasteiger partial charge < -0.3 is 10.5 Å². The molecular formula is C11H11NO2. The van der Waals surface area contributed by atoms with Gasteiger partial charge in [-0.15, -0.1) is 0 Å². The maximum atomic E-state index is 10.8. The van der Waals surface area contributed by atoms with Gasteiger partial charge in [-0.3, -0.25) is 4.79 Å². The second-order valence-electron chi connectivity index (χ2n) is 3.63. The molecule has 0 saturated heterocycles. The quantitative estimate of drug-likeness (QED) is 0.723. The minimum Gasteiger partial charge on any atom is -0.366 e. The second kappa shape index (κ2) is 3.25. The van der Waals surface area contributed by atoms with Crippen LogP contribution in [0, 0.1) is 5.92 Å². The molecule has 3 nitrogen and oxygen atoms in total. The average molecular weight is 189 g/mol. The molecule has 1 amide bonds. The third-order valence-corrected chi connectivity index (χ3v) is 2.64. The van der Waals surface area contributed by atoms with E-state index in [1.54, 1.807) is 12.1 Å². The molecule has 1 unspecified atom stereocenters. The lowest BCUT2D eigenvalue weighted by Crippen LogP contribution is -2.10. The van der Waals surface area contributed by atoms with Crippen molar-refractivity contribution in [1.82, 2.24) is 0 Å². The van der Waals surface area contributed by atoms with Crippen molar-refractivity contribution in [2.24, 2.45) is 11.7 Å². The smallest absolute Gasteiger partial charge is 0.248 e. The topological polar surface area (TPSA) is 60.2 Å². The van der Waals surface area contributed by atoms with Gasteiger partial charge in [0.15, 0.2) is 0 Å². The van der Waals surface area contributed by atoms with Crippen LogP contribution in [0.25, 0.3) is 0 Å². The van der Waals surface area contributed by atoms with E-state index >= 15 is 0 Å². The number of carbonyl (C=O) groups excluding carboxylic acids is 2. The van der Waals surface area contributed by atoms with Crippen molar-refractivity contribution in [2.45, 2.75) is 12.3 Å². The highest BCUT2D eigenvalue weighted by Gasteiger charge is 2.37. The maximum Gasteiger partial charge on any atom is 0.248 e. The molecule has 14 heavy (non-hydrogen) atoms. The molecule has 1 saturated carbocycles. The van der Waals surface area contributed by atoms with Gasteiger partial charge in [0.1, 0.15) is 6.29 Å². The summed E-state index contributed by atoms with van der Waals surface area (Å²) in [6.07, 6.45) is 1.92. The van der Waals surface area contributed by atoms with Crippen LogP contribution in [0.15, 0.2) is 24.3 Å². The van der Waals surface area contributed by atoms with E-state index in [1.807, 2.05) is 12.1 Å². The van der Waals surface area contributed by atoms with Crippen molar-refractivity contribution in [3.8, 4) is 0 Å². The molecule has 0 bridgehead atoms. The van der Waals surface area contributed by atoms with E-state index in [0.717, 1.165) is 18.3 Å². The van der Waals surface area contributed by atoms with E-state index in [1.165, 1.54) is 0 Å². The number of primary amides is 1. The van der Waals surface area contributed by atoms with Crippen LogP contribution in [0.4, 0.5) is 0 Å². The van der Waals surface area contributed by atoms with Crippen LogP contribution in [0.3, 0.4) is 0 Å². The van der Waals surface area contributed by atoms with E-state index in [-0.39, 0.29) is 5.92 Å². The summed E-state index contributed by atoms with van der Waals surface area (Å²) in [6.45, 7) is 0. The molecule has 1 aliphatic carbocycles. The molecule has 2 atom stereocenters. The van der Waals surface area contributed by atoms with E-state index in [9.17, 15) is 9.59 Å². The van der Waals surface area contributed by atoms with E-state index < -0.39 is 5.91 Å². The molecular weight excluding hydrogens is 178 g/mol. The lowest BCUT2D eigenvalue weighted by atomic mass is 10.1. The third kappa shape index (κ3) is 1.53. The van der Waals surface area contributed by atoms with Gasteiger partial charge in [0.25, 0.3) is 0 Å². The number of carbonyl (C=O) groups is 2. The summed E-state index contributed by atoms with van der Waals surface area (Å²) in [6, 6.07) is 7.15. The molecule has 3 heteroatoms. The largest absolute Gasteiger partial charge is 0.366 e. The Balaban J connectivity index is 2.15. The fourth-order valence-corrected chi connectivity index (χ4v) is 1.64. The summed E-state index contributed by atoms with van der Waals surface area (Å²) < 4.78 is 0. The molecule has 1 aromatic carbocycles. The molecule has 0 radical (unpaired) electrons. The van der Waals surface area contributed by atoms with E-state index in [4.69, 9.17) is 5.73 Å². The highest BCUT2D eigenvalue weighted by atomic mass is 16.1. The fourth-order valence-electron chi connectivity index (χ4n) is 1.64. The zero-order valence-corrected chi connectivity index (χ0v) is 7.64. The van der Waals surface area contributed by atoms with E-state index in [2.05, 4.69) is 0 Å². The first-order valence-corrected chi connectivity index (χ1v) is 4.57. The van der Waals surface area contributed by atoms with Crippen molar-refractivity contribution in [1.29, 1.82) is 0 Å². The summed E-state index contributed by atoms with van der Waals surface area (Å²) in [5.74, 6) is 0.114. The van der Waals surface area contributed by atoms with Crippen LogP contribution in [-0.4, -0.2) is 12.2 Å². The van der Waals surface area contributed by atoms with Gasteiger partial charge in [-0.1, -0.05) is 12.1 Å². The Morgan fingerprint density at radius 3 is 2.43 bits per heavy atom. The van der Waals surface area contributed by atoms with Gasteiger partial charge >= 0.3 is 0 Å². The Morgan fingerprint density at radius 2 is 2.00 bits per heavy atom. The zero-order chi connectivity index (χ0) is 10.1. The molecule has 72 valence electrons. The number of hydrogen-bond acceptors (Lipinski definition) is 2. The normalized spacial score (nSPS) is 24.3. The highest BCUT2D eigenvalue weighted by Crippen LogP contribution is 2.45. The van der Waals surface area contributed by atoms with Crippen LogP contribution in [0.5, 0.6) is 0 Å². The summed E-state index contributed by atoms with van der Waals surface area (Å²) in [4.78, 5) is 21.2.